The van der Waals surface area contributed by atoms with Gasteiger partial charge < -0.3 is 9.47 Å². The molecule has 0 amide bonds. The number of rotatable bonds is 9. The lowest BCUT2D eigenvalue weighted by Crippen LogP contribution is -2.73. The van der Waals surface area contributed by atoms with Crippen LogP contribution in [0, 0.1) is 5.41 Å². The van der Waals surface area contributed by atoms with Gasteiger partial charge in [-0.1, -0.05) is 6.92 Å². The number of halogens is 15. The van der Waals surface area contributed by atoms with Crippen molar-refractivity contribution in [2.45, 2.75) is 48.6 Å². The Kier molecular flexibility index (Phi) is 6.46. The second-order valence-electron chi connectivity index (χ2n) is 6.87. The van der Waals surface area contributed by atoms with Crippen molar-refractivity contribution in [3.8, 4) is 0 Å². The Morgan fingerprint density at radius 3 is 1.33 bits per heavy atom. The van der Waals surface area contributed by atoms with Crippen molar-refractivity contribution in [1.82, 2.24) is 0 Å². The third-order valence-corrected chi connectivity index (χ3v) is 4.03. The summed E-state index contributed by atoms with van der Waals surface area (Å²) in [7, 11) is 0. The molecule has 0 saturated carbocycles. The summed E-state index contributed by atoms with van der Waals surface area (Å²) in [6.45, 7) is -2.70. The Morgan fingerprint density at radius 1 is 0.633 bits per heavy atom. The lowest BCUT2D eigenvalue weighted by Gasteiger charge is -2.42. The highest BCUT2D eigenvalue weighted by Crippen LogP contribution is 2.62. The zero-order valence-corrected chi connectivity index (χ0v) is 14.3. The molecule has 0 atom stereocenters. The minimum absolute atomic E-state index is 0.165. The van der Waals surface area contributed by atoms with Gasteiger partial charge in [-0.25, -0.2) is 0 Å². The third kappa shape index (κ3) is 3.79. The maximum Gasteiger partial charge on any atom is 0.460 e. The molecule has 0 unspecified atom stereocenters. The summed E-state index contributed by atoms with van der Waals surface area (Å²) >= 11 is 0. The highest BCUT2D eigenvalue weighted by Gasteiger charge is 2.93. The summed E-state index contributed by atoms with van der Waals surface area (Å²) < 4.78 is 203. The van der Waals surface area contributed by atoms with Gasteiger partial charge in [0.25, 0.3) is 0 Å². The largest absolute Gasteiger partial charge is 0.460 e. The number of ether oxygens (including phenoxy) is 2. The van der Waals surface area contributed by atoms with E-state index in [0.717, 1.165) is 0 Å². The van der Waals surface area contributed by atoms with Crippen molar-refractivity contribution in [1.29, 1.82) is 0 Å². The summed E-state index contributed by atoms with van der Waals surface area (Å²) in [5.74, 6) is -46.5. The summed E-state index contributed by atoms with van der Waals surface area (Å²) in [4.78, 5) is 0. The highest BCUT2D eigenvalue weighted by atomic mass is 19.4. The van der Waals surface area contributed by atoms with Crippen molar-refractivity contribution in [3.05, 3.63) is 0 Å². The van der Waals surface area contributed by atoms with Crippen molar-refractivity contribution in [3.63, 3.8) is 0 Å². The first-order chi connectivity index (χ1) is 12.9. The second kappa shape index (κ2) is 7.20. The Morgan fingerprint density at radius 2 is 1.00 bits per heavy atom. The third-order valence-electron chi connectivity index (χ3n) is 4.03. The maximum absolute atomic E-state index is 13.5. The predicted molar refractivity (Wildman–Crippen MR) is 65.5 cm³/mol. The van der Waals surface area contributed by atoms with Crippen LogP contribution in [0.3, 0.4) is 0 Å². The molecule has 0 aromatic carbocycles. The predicted octanol–water partition coefficient (Wildman–Crippen LogP) is 5.41. The van der Waals surface area contributed by atoms with Crippen LogP contribution < -0.4 is 0 Å². The monoisotopic (exact) mass is 484 g/mol. The average Bonchev–Trinajstić information content (AvgIpc) is 2.50. The first kappa shape index (κ1) is 26.9. The molecule has 0 spiro atoms. The fourth-order valence-electron chi connectivity index (χ4n) is 2.05. The van der Waals surface area contributed by atoms with Gasteiger partial charge in [0.05, 0.1) is 19.8 Å². The Hall–Kier alpha value is -1.13. The van der Waals surface area contributed by atoms with E-state index in [1.807, 2.05) is 0 Å². The standard InChI is InChI=1S/C13H11F15O2/c1-6(2-29-3-6)4-30-5-7(14,15)8(16,17)9(18,19)10(20,21)11(22,23)12(24,25)13(26,27)28/h2-5H2,1H3. The molecule has 0 bridgehead atoms. The Balaban J connectivity index is 3.23. The van der Waals surface area contributed by atoms with Crippen LogP contribution in [0.5, 0.6) is 0 Å². The summed E-state index contributed by atoms with van der Waals surface area (Å²) in [6.07, 6.45) is -7.61. The van der Waals surface area contributed by atoms with E-state index in [2.05, 4.69) is 9.47 Å². The lowest BCUT2D eigenvalue weighted by atomic mass is 9.90. The molecule has 1 aliphatic rings. The van der Waals surface area contributed by atoms with Gasteiger partial charge >= 0.3 is 41.7 Å². The van der Waals surface area contributed by atoms with Gasteiger partial charge in [0.2, 0.25) is 0 Å². The van der Waals surface area contributed by atoms with Gasteiger partial charge in [0.1, 0.15) is 6.61 Å². The maximum atomic E-state index is 13.5. The summed E-state index contributed by atoms with van der Waals surface area (Å²) in [5, 5.41) is 0. The molecule has 1 rings (SSSR count). The van der Waals surface area contributed by atoms with E-state index in [1.54, 1.807) is 0 Å². The number of hydrogen-bond donors (Lipinski definition) is 0. The smallest absolute Gasteiger partial charge is 0.380 e. The van der Waals surface area contributed by atoms with E-state index in [4.69, 9.17) is 0 Å². The number of hydrogen-bond acceptors (Lipinski definition) is 2. The summed E-state index contributed by atoms with van der Waals surface area (Å²) in [6, 6.07) is 0. The molecule has 0 N–H and O–H groups in total. The molecule has 1 saturated heterocycles. The highest BCUT2D eigenvalue weighted by molar-refractivity contribution is 5.13. The van der Waals surface area contributed by atoms with Crippen LogP contribution in [-0.4, -0.2) is 68.1 Å². The fourth-order valence-corrected chi connectivity index (χ4v) is 2.05. The lowest BCUT2D eigenvalue weighted by molar-refractivity contribution is -0.453. The van der Waals surface area contributed by atoms with Crippen LogP contribution in [0.15, 0.2) is 0 Å². The van der Waals surface area contributed by atoms with E-state index < -0.39 is 60.3 Å². The zero-order chi connectivity index (χ0) is 24.2. The van der Waals surface area contributed by atoms with Gasteiger partial charge in [0.15, 0.2) is 0 Å². The minimum Gasteiger partial charge on any atom is -0.380 e. The molecule has 0 aromatic rings. The van der Waals surface area contributed by atoms with Crippen molar-refractivity contribution in [2.24, 2.45) is 5.41 Å². The molecular weight excluding hydrogens is 473 g/mol. The van der Waals surface area contributed by atoms with Crippen LogP contribution in [0.4, 0.5) is 65.9 Å². The minimum atomic E-state index is -8.28. The normalized spacial score (nSPS) is 19.6. The van der Waals surface area contributed by atoms with Gasteiger partial charge in [-0.3, -0.25) is 0 Å². The molecule has 2 nitrogen and oxygen atoms in total. The van der Waals surface area contributed by atoms with Crippen LogP contribution >= 0.6 is 0 Å². The van der Waals surface area contributed by atoms with E-state index in [-0.39, 0.29) is 13.2 Å². The molecule has 1 heterocycles. The van der Waals surface area contributed by atoms with Crippen LogP contribution in [0.25, 0.3) is 0 Å². The SMILES string of the molecule is CC1(COCC(F)(F)C(F)(F)C(F)(F)C(F)(F)C(F)(F)C(F)(F)C(F)(F)F)COC1. The second-order valence-corrected chi connectivity index (χ2v) is 6.87. The van der Waals surface area contributed by atoms with Gasteiger partial charge in [-0.15, -0.1) is 0 Å². The van der Waals surface area contributed by atoms with Crippen LogP contribution in [-0.2, 0) is 9.47 Å². The van der Waals surface area contributed by atoms with E-state index >= 15 is 0 Å². The van der Waals surface area contributed by atoms with E-state index in [9.17, 15) is 65.9 Å². The first-order valence-electron chi connectivity index (χ1n) is 7.40. The Bertz CT molecular complexity index is 621. The topological polar surface area (TPSA) is 18.5 Å². The van der Waals surface area contributed by atoms with Crippen molar-refractivity contribution >= 4 is 0 Å². The van der Waals surface area contributed by atoms with Gasteiger partial charge in [0, 0.05) is 5.41 Å². The fraction of sp³-hybridized carbons (Fsp3) is 1.00. The molecular formula is C13H11F15O2. The van der Waals surface area contributed by atoms with Crippen LogP contribution in [0.1, 0.15) is 6.92 Å². The molecule has 0 radical (unpaired) electrons. The molecule has 0 aliphatic carbocycles. The van der Waals surface area contributed by atoms with Crippen molar-refractivity contribution < 1.29 is 75.3 Å². The molecule has 0 aromatic heterocycles. The van der Waals surface area contributed by atoms with E-state index in [0.29, 0.717) is 0 Å². The molecule has 1 fully saturated rings. The molecule has 30 heavy (non-hydrogen) atoms. The summed E-state index contributed by atoms with van der Waals surface area (Å²) in [5.41, 5.74) is -1.06. The van der Waals surface area contributed by atoms with Crippen molar-refractivity contribution in [2.75, 3.05) is 26.4 Å². The van der Waals surface area contributed by atoms with Crippen LogP contribution in [0.2, 0.25) is 0 Å². The quantitative estimate of drug-likeness (QED) is 0.408. The average molecular weight is 484 g/mol. The first-order valence-corrected chi connectivity index (χ1v) is 7.40. The van der Waals surface area contributed by atoms with E-state index in [1.165, 1.54) is 6.92 Å². The van der Waals surface area contributed by atoms with Gasteiger partial charge in [-0.05, 0) is 0 Å². The molecule has 17 heteroatoms. The zero-order valence-electron chi connectivity index (χ0n) is 14.3. The molecule has 1 aliphatic heterocycles. The molecule has 180 valence electrons. The number of alkyl halides is 15. The van der Waals surface area contributed by atoms with Gasteiger partial charge in [-0.2, -0.15) is 65.9 Å². The Labute approximate surface area is 157 Å².